The second-order valence-corrected chi connectivity index (χ2v) is 5.86. The predicted molar refractivity (Wildman–Crippen MR) is 88.5 cm³/mol. The zero-order chi connectivity index (χ0) is 16.0. The second kappa shape index (κ2) is 5.12. The maximum absolute atomic E-state index is 11.4. The van der Waals surface area contributed by atoms with E-state index in [1.807, 2.05) is 35.0 Å². The van der Waals surface area contributed by atoms with Crippen LogP contribution >= 0.6 is 0 Å². The third kappa shape index (κ3) is 2.34. The molecule has 1 aliphatic carbocycles. The van der Waals surface area contributed by atoms with E-state index in [1.54, 1.807) is 13.2 Å². The fourth-order valence-electron chi connectivity index (χ4n) is 2.88. The zero-order valence-corrected chi connectivity index (χ0v) is 12.8. The summed E-state index contributed by atoms with van der Waals surface area (Å²) in [6, 6.07) is 11.8. The van der Waals surface area contributed by atoms with Crippen LogP contribution in [0.2, 0.25) is 0 Å². The third-order valence-corrected chi connectivity index (χ3v) is 4.26. The van der Waals surface area contributed by atoms with Crippen LogP contribution in [0.4, 0.5) is 0 Å². The summed E-state index contributed by atoms with van der Waals surface area (Å²) in [5.74, 6) is 0.333. The molecule has 23 heavy (non-hydrogen) atoms. The third-order valence-electron chi connectivity index (χ3n) is 4.26. The molecule has 0 aliphatic heterocycles. The fraction of sp³-hybridized carbons (Fsp3) is 0.222. The molecule has 1 amide bonds. The second-order valence-electron chi connectivity index (χ2n) is 5.86. The van der Waals surface area contributed by atoms with Crippen LogP contribution in [-0.2, 0) is 0 Å². The Balaban J connectivity index is 1.92. The quantitative estimate of drug-likeness (QED) is 0.805. The molecule has 1 aliphatic rings. The molecule has 1 fully saturated rings. The van der Waals surface area contributed by atoms with Gasteiger partial charge in [0, 0.05) is 17.1 Å². The monoisotopic (exact) mass is 307 g/mol. The van der Waals surface area contributed by atoms with Crippen LogP contribution in [-0.4, -0.2) is 22.8 Å². The molecule has 5 heteroatoms. The standard InChI is InChI=1S/C18H17N3O2/c1-23-16-8-7-14(11-3-2-4-12(9-11)18(19)22)15-10-21(13-5-6-13)20-17(15)16/h2-4,7-10,13H,5-6H2,1H3,(H2,19,22). The molecule has 0 atom stereocenters. The van der Waals surface area contributed by atoms with Gasteiger partial charge in [-0.15, -0.1) is 0 Å². The topological polar surface area (TPSA) is 70.1 Å². The minimum Gasteiger partial charge on any atom is -0.494 e. The van der Waals surface area contributed by atoms with Gasteiger partial charge >= 0.3 is 0 Å². The molecule has 1 heterocycles. The molecule has 0 spiro atoms. The van der Waals surface area contributed by atoms with Crippen molar-refractivity contribution in [2.45, 2.75) is 18.9 Å². The number of hydrogen-bond donors (Lipinski definition) is 1. The Bertz CT molecular complexity index is 910. The lowest BCUT2D eigenvalue weighted by Gasteiger charge is -2.07. The average molecular weight is 307 g/mol. The van der Waals surface area contributed by atoms with Gasteiger partial charge in [0.05, 0.1) is 13.2 Å². The summed E-state index contributed by atoms with van der Waals surface area (Å²) in [5, 5.41) is 5.72. The summed E-state index contributed by atoms with van der Waals surface area (Å²) >= 11 is 0. The van der Waals surface area contributed by atoms with Crippen molar-refractivity contribution in [1.29, 1.82) is 0 Å². The first-order chi connectivity index (χ1) is 11.2. The van der Waals surface area contributed by atoms with Crippen molar-refractivity contribution < 1.29 is 9.53 Å². The maximum atomic E-state index is 11.4. The Kier molecular flexibility index (Phi) is 3.08. The van der Waals surface area contributed by atoms with E-state index < -0.39 is 5.91 Å². The van der Waals surface area contributed by atoms with Crippen LogP contribution < -0.4 is 10.5 Å². The number of aromatic nitrogens is 2. The number of fused-ring (bicyclic) bond motifs is 1. The average Bonchev–Trinajstić information content (AvgIpc) is 3.32. The Morgan fingerprint density at radius 1 is 1.30 bits per heavy atom. The number of nitrogens with zero attached hydrogens (tertiary/aromatic N) is 2. The van der Waals surface area contributed by atoms with Crippen molar-refractivity contribution in [2.24, 2.45) is 5.73 Å². The number of rotatable bonds is 4. The highest BCUT2D eigenvalue weighted by molar-refractivity contribution is 6.00. The Morgan fingerprint density at radius 3 is 2.83 bits per heavy atom. The summed E-state index contributed by atoms with van der Waals surface area (Å²) in [6.07, 6.45) is 4.41. The normalized spacial score (nSPS) is 14.1. The molecule has 4 rings (SSSR count). The molecule has 0 unspecified atom stereocenters. The number of nitrogens with two attached hydrogens (primary N) is 1. The first kappa shape index (κ1) is 13.8. The lowest BCUT2D eigenvalue weighted by molar-refractivity contribution is 0.100. The molecule has 2 N–H and O–H groups in total. The van der Waals surface area contributed by atoms with Gasteiger partial charge in [-0.1, -0.05) is 12.1 Å². The van der Waals surface area contributed by atoms with Gasteiger partial charge in [0.15, 0.2) is 0 Å². The Labute approximate surface area is 133 Å². The van der Waals surface area contributed by atoms with Gasteiger partial charge in [-0.05, 0) is 48.2 Å². The van der Waals surface area contributed by atoms with Crippen molar-refractivity contribution in [2.75, 3.05) is 7.11 Å². The van der Waals surface area contributed by atoms with Crippen molar-refractivity contribution in [1.82, 2.24) is 9.78 Å². The van der Waals surface area contributed by atoms with Crippen LogP contribution in [0.1, 0.15) is 29.2 Å². The predicted octanol–water partition coefficient (Wildman–Crippen LogP) is 3.15. The molecule has 0 saturated heterocycles. The molecule has 1 saturated carbocycles. The maximum Gasteiger partial charge on any atom is 0.248 e. The van der Waals surface area contributed by atoms with E-state index in [0.717, 1.165) is 27.8 Å². The summed E-state index contributed by atoms with van der Waals surface area (Å²) in [5.41, 5.74) is 8.72. The molecule has 3 aromatic rings. The summed E-state index contributed by atoms with van der Waals surface area (Å²) in [4.78, 5) is 11.4. The lowest BCUT2D eigenvalue weighted by atomic mass is 9.99. The van der Waals surface area contributed by atoms with E-state index in [-0.39, 0.29) is 0 Å². The van der Waals surface area contributed by atoms with Gasteiger partial charge in [-0.3, -0.25) is 9.48 Å². The number of ether oxygens (including phenoxy) is 1. The van der Waals surface area contributed by atoms with Crippen molar-refractivity contribution in [3.8, 4) is 16.9 Å². The fourth-order valence-corrected chi connectivity index (χ4v) is 2.88. The summed E-state index contributed by atoms with van der Waals surface area (Å²) < 4.78 is 7.47. The number of amides is 1. The van der Waals surface area contributed by atoms with Crippen LogP contribution in [0.3, 0.4) is 0 Å². The molecule has 1 aromatic heterocycles. The minimum atomic E-state index is -0.426. The van der Waals surface area contributed by atoms with Crippen molar-refractivity contribution >= 4 is 16.8 Å². The van der Waals surface area contributed by atoms with Gasteiger partial charge in [0.2, 0.25) is 5.91 Å². The first-order valence-corrected chi connectivity index (χ1v) is 7.63. The molecule has 0 radical (unpaired) electrons. The van der Waals surface area contributed by atoms with Crippen molar-refractivity contribution in [3.05, 3.63) is 48.2 Å². The highest BCUT2D eigenvalue weighted by atomic mass is 16.5. The zero-order valence-electron chi connectivity index (χ0n) is 12.8. The van der Waals surface area contributed by atoms with E-state index in [4.69, 9.17) is 10.5 Å². The number of carbonyl (C=O) groups is 1. The number of benzene rings is 2. The molecular formula is C18H17N3O2. The van der Waals surface area contributed by atoms with Crippen LogP contribution in [0, 0.1) is 0 Å². The minimum absolute atomic E-state index is 0.426. The van der Waals surface area contributed by atoms with Gasteiger partial charge in [0.25, 0.3) is 0 Å². The highest BCUT2D eigenvalue weighted by Crippen LogP contribution is 2.39. The number of methoxy groups -OCH3 is 1. The first-order valence-electron chi connectivity index (χ1n) is 7.63. The van der Waals surface area contributed by atoms with Crippen LogP contribution in [0.15, 0.2) is 42.6 Å². The van der Waals surface area contributed by atoms with Gasteiger partial charge in [-0.25, -0.2) is 0 Å². The number of primary amides is 1. The van der Waals surface area contributed by atoms with E-state index in [2.05, 4.69) is 11.3 Å². The van der Waals surface area contributed by atoms with E-state index in [9.17, 15) is 4.79 Å². The van der Waals surface area contributed by atoms with E-state index in [1.165, 1.54) is 12.8 Å². The van der Waals surface area contributed by atoms with Crippen molar-refractivity contribution in [3.63, 3.8) is 0 Å². The molecular weight excluding hydrogens is 290 g/mol. The van der Waals surface area contributed by atoms with Gasteiger partial charge < -0.3 is 10.5 Å². The van der Waals surface area contributed by atoms with E-state index >= 15 is 0 Å². The van der Waals surface area contributed by atoms with Crippen LogP contribution in [0.5, 0.6) is 5.75 Å². The van der Waals surface area contributed by atoms with E-state index in [0.29, 0.717) is 11.6 Å². The lowest BCUT2D eigenvalue weighted by Crippen LogP contribution is -2.10. The Hall–Kier alpha value is -2.82. The molecule has 116 valence electrons. The molecule has 5 nitrogen and oxygen atoms in total. The molecule has 0 bridgehead atoms. The highest BCUT2D eigenvalue weighted by Gasteiger charge is 2.26. The number of hydrogen-bond acceptors (Lipinski definition) is 3. The number of carbonyl (C=O) groups excluding carboxylic acids is 1. The largest absolute Gasteiger partial charge is 0.494 e. The Morgan fingerprint density at radius 2 is 2.13 bits per heavy atom. The van der Waals surface area contributed by atoms with Gasteiger partial charge in [0.1, 0.15) is 11.3 Å². The smallest absolute Gasteiger partial charge is 0.248 e. The SMILES string of the molecule is COc1ccc(-c2cccc(C(N)=O)c2)c2cn(C3CC3)nc12. The van der Waals surface area contributed by atoms with Gasteiger partial charge in [-0.2, -0.15) is 5.10 Å². The van der Waals surface area contributed by atoms with Crippen LogP contribution in [0.25, 0.3) is 22.0 Å². The summed E-state index contributed by atoms with van der Waals surface area (Å²) in [6.45, 7) is 0. The summed E-state index contributed by atoms with van der Waals surface area (Å²) in [7, 11) is 1.65. The molecule has 2 aromatic carbocycles.